The summed E-state index contributed by atoms with van der Waals surface area (Å²) in [6.07, 6.45) is 4.43. The van der Waals surface area contributed by atoms with Crippen molar-refractivity contribution in [3.63, 3.8) is 0 Å². The first-order chi connectivity index (χ1) is 16.7. The molecule has 0 spiro atoms. The minimum atomic E-state index is -0.362. The maximum absolute atomic E-state index is 12.8. The highest BCUT2D eigenvalue weighted by atomic mass is 16.3. The van der Waals surface area contributed by atoms with E-state index in [1.165, 1.54) is 0 Å². The number of nitrogens with zero attached hydrogens (tertiary/aromatic N) is 2. The first-order valence-electron chi connectivity index (χ1n) is 13.0. The molecule has 1 saturated carbocycles. The molecule has 1 unspecified atom stereocenters. The van der Waals surface area contributed by atoms with Gasteiger partial charge in [0.1, 0.15) is 0 Å². The van der Waals surface area contributed by atoms with E-state index >= 15 is 0 Å². The van der Waals surface area contributed by atoms with Crippen molar-refractivity contribution in [3.8, 4) is 0 Å². The molecule has 2 aromatic rings. The summed E-state index contributed by atoms with van der Waals surface area (Å²) in [6, 6.07) is 12.5. The number of fused-ring (bicyclic) bond motifs is 1. The van der Waals surface area contributed by atoms with E-state index in [2.05, 4.69) is 28.1 Å². The zero-order valence-electron chi connectivity index (χ0n) is 21.1. The Balaban J connectivity index is 1.44. The van der Waals surface area contributed by atoms with Gasteiger partial charge in [0.15, 0.2) is 5.78 Å². The van der Waals surface area contributed by atoms with Gasteiger partial charge < -0.3 is 20.2 Å². The van der Waals surface area contributed by atoms with E-state index in [9.17, 15) is 14.7 Å². The molecule has 5 rings (SSSR count). The number of carbonyl (C=O) groups excluding carboxylic acids is 2. The Morgan fingerprint density at radius 2 is 1.97 bits per heavy atom. The Kier molecular flexibility index (Phi) is 6.45. The highest BCUT2D eigenvalue weighted by Gasteiger charge is 2.37. The molecule has 1 heterocycles. The van der Waals surface area contributed by atoms with E-state index in [0.29, 0.717) is 11.6 Å². The lowest BCUT2D eigenvalue weighted by Crippen LogP contribution is -2.28. The van der Waals surface area contributed by atoms with Crippen LogP contribution in [0, 0.1) is 12.3 Å². The second kappa shape index (κ2) is 9.40. The number of aliphatic hydroxyl groups excluding tert-OH is 1. The second-order valence-electron chi connectivity index (χ2n) is 11.2. The number of rotatable bonds is 8. The van der Waals surface area contributed by atoms with Gasteiger partial charge in [-0.2, -0.15) is 0 Å². The molecule has 0 aromatic heterocycles. The van der Waals surface area contributed by atoms with Gasteiger partial charge in [-0.15, -0.1) is 0 Å². The number of benzene rings is 2. The molecule has 2 aromatic carbocycles. The lowest BCUT2D eigenvalue weighted by Gasteiger charge is -2.29. The van der Waals surface area contributed by atoms with Crippen molar-refractivity contribution >= 4 is 23.1 Å². The highest BCUT2D eigenvalue weighted by molar-refractivity contribution is 6.05. The minimum Gasteiger partial charge on any atom is -0.392 e. The summed E-state index contributed by atoms with van der Waals surface area (Å²) in [5, 5.41) is 13.0. The molecule has 1 atom stereocenters. The number of Topliss-reactive ketones (excluding diaryl/α,β-unsaturated/α-hetero) is 1. The molecule has 6 nitrogen and oxygen atoms in total. The summed E-state index contributed by atoms with van der Waals surface area (Å²) < 4.78 is 0. The molecule has 2 N–H and O–H groups in total. The molecule has 6 heteroatoms. The normalized spacial score (nSPS) is 21.3. The number of amides is 1. The fourth-order valence-electron chi connectivity index (χ4n) is 5.43. The first kappa shape index (κ1) is 24.0. The Morgan fingerprint density at radius 1 is 1.17 bits per heavy atom. The smallest absolute Gasteiger partial charge is 0.251 e. The summed E-state index contributed by atoms with van der Waals surface area (Å²) in [7, 11) is 0. The summed E-state index contributed by atoms with van der Waals surface area (Å²) >= 11 is 0. The number of ketones is 1. The van der Waals surface area contributed by atoms with Crippen molar-refractivity contribution in [2.24, 2.45) is 5.41 Å². The lowest BCUT2D eigenvalue weighted by molar-refractivity contribution is 0.0863. The Bertz CT molecular complexity index is 1140. The van der Waals surface area contributed by atoms with Gasteiger partial charge >= 0.3 is 0 Å². The Morgan fingerprint density at radius 3 is 2.69 bits per heavy atom. The SMILES string of the molecule is Cc1ccc(C(=O)NC2CC2)cc1N(CCCN1CCC(O)C1)c1ccc2c(c1)CC(C)(C)C2=O. The van der Waals surface area contributed by atoms with Gasteiger partial charge in [0.25, 0.3) is 5.91 Å². The van der Waals surface area contributed by atoms with Crippen LogP contribution >= 0.6 is 0 Å². The third-order valence-corrected chi connectivity index (χ3v) is 7.67. The molecule has 0 radical (unpaired) electrons. The molecule has 2 fully saturated rings. The maximum atomic E-state index is 12.8. The number of likely N-dealkylation sites (tertiary alicyclic amines) is 1. The molecule has 1 aliphatic heterocycles. The zero-order valence-corrected chi connectivity index (χ0v) is 21.1. The predicted molar refractivity (Wildman–Crippen MR) is 139 cm³/mol. The molecule has 2 aliphatic carbocycles. The van der Waals surface area contributed by atoms with Gasteiger partial charge in [0, 0.05) is 53.6 Å². The third kappa shape index (κ3) is 5.14. The minimum absolute atomic E-state index is 0.0129. The van der Waals surface area contributed by atoms with Crippen LogP contribution in [0.1, 0.15) is 71.4 Å². The van der Waals surface area contributed by atoms with Crippen LogP contribution < -0.4 is 10.2 Å². The molecule has 1 amide bonds. The highest BCUT2D eigenvalue weighted by Crippen LogP contribution is 2.39. The quantitative estimate of drug-likeness (QED) is 0.597. The number of aliphatic hydroxyl groups is 1. The molecular formula is C29H37N3O3. The van der Waals surface area contributed by atoms with E-state index in [-0.39, 0.29) is 23.2 Å². The number of carbonyl (C=O) groups is 2. The van der Waals surface area contributed by atoms with Crippen molar-refractivity contribution < 1.29 is 14.7 Å². The molecule has 186 valence electrons. The summed E-state index contributed by atoms with van der Waals surface area (Å²) in [5.41, 5.74) is 5.45. The molecule has 0 bridgehead atoms. The number of anilines is 2. The number of nitrogens with one attached hydrogen (secondary N) is 1. The average molecular weight is 476 g/mol. The van der Waals surface area contributed by atoms with Crippen molar-refractivity contribution in [2.45, 2.75) is 65.0 Å². The van der Waals surface area contributed by atoms with Crippen molar-refractivity contribution in [2.75, 3.05) is 31.1 Å². The van der Waals surface area contributed by atoms with Gasteiger partial charge in [0.05, 0.1) is 6.10 Å². The zero-order chi connectivity index (χ0) is 24.7. The van der Waals surface area contributed by atoms with E-state index in [0.717, 1.165) is 86.3 Å². The monoisotopic (exact) mass is 475 g/mol. The van der Waals surface area contributed by atoms with Crippen molar-refractivity contribution in [1.82, 2.24) is 10.2 Å². The van der Waals surface area contributed by atoms with Crippen molar-refractivity contribution in [3.05, 3.63) is 58.7 Å². The van der Waals surface area contributed by atoms with Gasteiger partial charge in [-0.25, -0.2) is 0 Å². The summed E-state index contributed by atoms with van der Waals surface area (Å²) in [4.78, 5) is 30.2. The van der Waals surface area contributed by atoms with Gasteiger partial charge in [-0.05, 0) is 87.0 Å². The number of aryl methyl sites for hydroxylation is 1. The largest absolute Gasteiger partial charge is 0.392 e. The Hall–Kier alpha value is -2.70. The van der Waals surface area contributed by atoms with Gasteiger partial charge in [-0.3, -0.25) is 9.59 Å². The van der Waals surface area contributed by atoms with Crippen LogP contribution in [-0.2, 0) is 6.42 Å². The van der Waals surface area contributed by atoms with Crippen LogP contribution in [0.3, 0.4) is 0 Å². The van der Waals surface area contributed by atoms with Gasteiger partial charge in [-0.1, -0.05) is 19.9 Å². The van der Waals surface area contributed by atoms with Crippen LogP contribution in [0.15, 0.2) is 36.4 Å². The lowest BCUT2D eigenvalue weighted by atomic mass is 9.89. The van der Waals surface area contributed by atoms with Crippen LogP contribution in [0.4, 0.5) is 11.4 Å². The molecular weight excluding hydrogens is 438 g/mol. The summed E-state index contributed by atoms with van der Waals surface area (Å²) in [6.45, 7) is 9.51. The topological polar surface area (TPSA) is 72.9 Å². The average Bonchev–Trinajstić information content (AvgIpc) is 3.48. The van der Waals surface area contributed by atoms with E-state index < -0.39 is 0 Å². The van der Waals surface area contributed by atoms with Crippen LogP contribution in [0.25, 0.3) is 0 Å². The second-order valence-corrected chi connectivity index (χ2v) is 11.2. The van der Waals surface area contributed by atoms with Gasteiger partial charge in [0.2, 0.25) is 0 Å². The number of β-amino-alcohol motifs (C(OH)–C–C–N with tert-alkyl or cyclic N) is 1. The number of hydrogen-bond donors (Lipinski definition) is 2. The molecule has 1 saturated heterocycles. The predicted octanol–water partition coefficient (Wildman–Crippen LogP) is 4.25. The van der Waals surface area contributed by atoms with E-state index in [1.54, 1.807) is 0 Å². The van der Waals surface area contributed by atoms with E-state index in [1.807, 2.05) is 44.2 Å². The van der Waals surface area contributed by atoms with Crippen molar-refractivity contribution in [1.29, 1.82) is 0 Å². The van der Waals surface area contributed by atoms with Crippen LogP contribution in [0.5, 0.6) is 0 Å². The number of hydrogen-bond acceptors (Lipinski definition) is 5. The first-order valence-corrected chi connectivity index (χ1v) is 13.0. The molecule has 35 heavy (non-hydrogen) atoms. The fourth-order valence-corrected chi connectivity index (χ4v) is 5.43. The van der Waals surface area contributed by atoms with Crippen LogP contribution in [0.2, 0.25) is 0 Å². The summed E-state index contributed by atoms with van der Waals surface area (Å²) in [5.74, 6) is 0.203. The standard InChI is InChI=1S/C29H37N3O3/c1-19-5-6-20(28(35)30-22-7-8-22)16-26(19)32(13-4-12-31-14-11-24(33)18-31)23-9-10-25-21(15-23)17-29(2,3)27(25)34/h5-6,9-10,15-16,22,24,33H,4,7-8,11-14,17-18H2,1-3H3,(H,30,35). The molecule has 3 aliphatic rings. The van der Waals surface area contributed by atoms with E-state index in [4.69, 9.17) is 0 Å². The third-order valence-electron chi connectivity index (χ3n) is 7.67. The fraction of sp³-hybridized carbons (Fsp3) is 0.517. The van der Waals surface area contributed by atoms with Crippen LogP contribution in [-0.4, -0.2) is 60.0 Å². The Labute approximate surface area is 208 Å². The maximum Gasteiger partial charge on any atom is 0.251 e.